The molecule has 1 saturated heterocycles. The molecule has 1 unspecified atom stereocenters. The number of carbonyl (C=O) groups is 2. The molecule has 212 valence electrons. The zero-order valence-corrected chi connectivity index (χ0v) is 25.0. The third-order valence-corrected chi connectivity index (χ3v) is 7.90. The van der Waals surface area contributed by atoms with E-state index < -0.39 is 0 Å². The number of nitrogens with zero attached hydrogens (tertiary/aromatic N) is 4. The van der Waals surface area contributed by atoms with E-state index in [-0.39, 0.29) is 23.2 Å². The summed E-state index contributed by atoms with van der Waals surface area (Å²) in [4.78, 5) is 39.3. The van der Waals surface area contributed by atoms with Gasteiger partial charge in [0.15, 0.2) is 5.16 Å². The first-order chi connectivity index (χ1) is 19.1. The van der Waals surface area contributed by atoms with Crippen LogP contribution in [-0.4, -0.2) is 53.5 Å². The van der Waals surface area contributed by atoms with Crippen LogP contribution in [0.2, 0.25) is 0 Å². The largest absolute Gasteiger partial charge is 0.466 e. The fraction of sp³-hybridized carbons (Fsp3) is 0.438. The lowest BCUT2D eigenvalue weighted by molar-refractivity contribution is -0.149. The van der Waals surface area contributed by atoms with Crippen LogP contribution in [0.1, 0.15) is 67.7 Å². The van der Waals surface area contributed by atoms with Crippen LogP contribution >= 0.6 is 11.8 Å². The number of aromatic nitrogens is 2. The number of hydrogen-bond donors (Lipinski definition) is 0. The van der Waals surface area contributed by atoms with Crippen molar-refractivity contribution in [1.29, 1.82) is 0 Å². The van der Waals surface area contributed by atoms with E-state index >= 15 is 0 Å². The van der Waals surface area contributed by atoms with Gasteiger partial charge in [-0.15, -0.1) is 0 Å². The van der Waals surface area contributed by atoms with E-state index in [0.29, 0.717) is 36.2 Å². The third-order valence-electron chi connectivity index (χ3n) is 6.98. The van der Waals surface area contributed by atoms with Crippen LogP contribution in [0.15, 0.2) is 65.8 Å². The number of thioether (sulfide) groups is 1. The standard InChI is InChI=1S/C32H40N4O3S/c1-6-39-30(38)26-16-11-17-36(21-26)29(37)25-15-10-14-24(18-25)22-40-31-33-27(32(2,3)4)19-28(34-31)35(5)20-23-12-8-7-9-13-23/h7-10,12-15,18-19,26H,6,11,16-17,20-22H2,1-5H3. The van der Waals surface area contributed by atoms with Gasteiger partial charge in [-0.3, -0.25) is 9.59 Å². The van der Waals surface area contributed by atoms with Crippen molar-refractivity contribution in [2.24, 2.45) is 5.92 Å². The quantitative estimate of drug-likeness (QED) is 0.177. The van der Waals surface area contributed by atoms with Gasteiger partial charge in [0.25, 0.3) is 5.91 Å². The topological polar surface area (TPSA) is 75.6 Å². The summed E-state index contributed by atoms with van der Waals surface area (Å²) in [6, 6.07) is 20.2. The summed E-state index contributed by atoms with van der Waals surface area (Å²) in [5.41, 5.74) is 3.75. The van der Waals surface area contributed by atoms with Crippen LogP contribution in [0.5, 0.6) is 0 Å². The lowest BCUT2D eigenvalue weighted by Gasteiger charge is -2.31. The number of piperidine rings is 1. The molecule has 0 saturated carbocycles. The minimum Gasteiger partial charge on any atom is -0.466 e. The SMILES string of the molecule is CCOC(=O)C1CCCN(C(=O)c2cccc(CSc3nc(N(C)Cc4ccccc4)cc(C(C)(C)C)n3)c2)C1. The van der Waals surface area contributed by atoms with E-state index in [9.17, 15) is 9.59 Å². The van der Waals surface area contributed by atoms with Crippen molar-refractivity contribution in [2.45, 2.75) is 63.4 Å². The van der Waals surface area contributed by atoms with Crippen LogP contribution in [0.3, 0.4) is 0 Å². The molecule has 40 heavy (non-hydrogen) atoms. The van der Waals surface area contributed by atoms with Gasteiger partial charge in [-0.2, -0.15) is 0 Å². The van der Waals surface area contributed by atoms with E-state index in [0.717, 1.165) is 36.5 Å². The van der Waals surface area contributed by atoms with Gasteiger partial charge in [-0.1, -0.05) is 75.0 Å². The Bertz CT molecular complexity index is 1310. The van der Waals surface area contributed by atoms with Gasteiger partial charge >= 0.3 is 5.97 Å². The normalized spacial score (nSPS) is 15.5. The second-order valence-electron chi connectivity index (χ2n) is 11.3. The lowest BCUT2D eigenvalue weighted by atomic mass is 9.92. The predicted octanol–water partition coefficient (Wildman–Crippen LogP) is 6.12. The van der Waals surface area contributed by atoms with E-state index in [1.165, 1.54) is 5.56 Å². The van der Waals surface area contributed by atoms with Crippen LogP contribution in [-0.2, 0) is 27.2 Å². The lowest BCUT2D eigenvalue weighted by Crippen LogP contribution is -2.42. The fourth-order valence-electron chi connectivity index (χ4n) is 4.73. The maximum Gasteiger partial charge on any atom is 0.310 e. The van der Waals surface area contributed by atoms with Crippen molar-refractivity contribution in [3.63, 3.8) is 0 Å². The van der Waals surface area contributed by atoms with Crippen molar-refractivity contribution in [1.82, 2.24) is 14.9 Å². The Morgan fingerprint density at radius 3 is 2.52 bits per heavy atom. The van der Waals surface area contributed by atoms with Crippen molar-refractivity contribution < 1.29 is 14.3 Å². The number of carbonyl (C=O) groups excluding carboxylic acids is 2. The highest BCUT2D eigenvalue weighted by molar-refractivity contribution is 7.98. The Kier molecular flexibility index (Phi) is 9.85. The second-order valence-corrected chi connectivity index (χ2v) is 12.3. The molecule has 3 aromatic rings. The Hall–Kier alpha value is -3.39. The van der Waals surface area contributed by atoms with Gasteiger partial charge < -0.3 is 14.5 Å². The molecule has 0 N–H and O–H groups in total. The van der Waals surface area contributed by atoms with E-state index in [4.69, 9.17) is 14.7 Å². The van der Waals surface area contributed by atoms with E-state index in [2.05, 4.69) is 50.9 Å². The Morgan fingerprint density at radius 1 is 1.05 bits per heavy atom. The summed E-state index contributed by atoms with van der Waals surface area (Å²) in [7, 11) is 2.05. The number of anilines is 1. The smallest absolute Gasteiger partial charge is 0.310 e. The molecule has 1 fully saturated rings. The Morgan fingerprint density at radius 2 is 1.80 bits per heavy atom. The maximum atomic E-state index is 13.3. The molecule has 1 atom stereocenters. The summed E-state index contributed by atoms with van der Waals surface area (Å²) in [5, 5.41) is 0.715. The molecule has 2 heterocycles. The van der Waals surface area contributed by atoms with Gasteiger partial charge in [-0.25, -0.2) is 9.97 Å². The molecule has 1 aliphatic rings. The van der Waals surface area contributed by atoms with Crippen LogP contribution in [0.25, 0.3) is 0 Å². The summed E-state index contributed by atoms with van der Waals surface area (Å²) in [6.45, 7) is 10.5. The highest BCUT2D eigenvalue weighted by Crippen LogP contribution is 2.29. The van der Waals surface area contributed by atoms with E-state index in [1.54, 1.807) is 23.6 Å². The molecular weight excluding hydrogens is 520 g/mol. The van der Waals surface area contributed by atoms with Crippen LogP contribution in [0, 0.1) is 5.92 Å². The Balaban J connectivity index is 1.47. The number of esters is 1. The molecule has 8 heteroatoms. The molecule has 1 aromatic heterocycles. The number of likely N-dealkylation sites (tertiary alicyclic amines) is 1. The molecule has 0 bridgehead atoms. The molecule has 4 rings (SSSR count). The van der Waals surface area contributed by atoms with Crippen molar-refractivity contribution in [3.8, 4) is 0 Å². The van der Waals surface area contributed by atoms with E-state index in [1.807, 2.05) is 42.5 Å². The molecule has 0 spiro atoms. The number of amides is 1. The number of rotatable bonds is 9. The maximum absolute atomic E-state index is 13.3. The first kappa shape index (κ1) is 29.6. The number of hydrogen-bond acceptors (Lipinski definition) is 7. The fourth-order valence-corrected chi connectivity index (χ4v) is 5.53. The summed E-state index contributed by atoms with van der Waals surface area (Å²) in [5.74, 6) is 1.02. The van der Waals surface area contributed by atoms with Crippen molar-refractivity contribution in [3.05, 3.63) is 83.0 Å². The van der Waals surface area contributed by atoms with Gasteiger partial charge in [0.1, 0.15) is 5.82 Å². The molecule has 7 nitrogen and oxygen atoms in total. The monoisotopic (exact) mass is 560 g/mol. The predicted molar refractivity (Wildman–Crippen MR) is 161 cm³/mol. The molecular formula is C32H40N4O3S. The highest BCUT2D eigenvalue weighted by atomic mass is 32.2. The van der Waals surface area contributed by atoms with Gasteiger partial charge in [-0.05, 0) is 43.0 Å². The second kappa shape index (κ2) is 13.3. The highest BCUT2D eigenvalue weighted by Gasteiger charge is 2.30. The molecule has 1 amide bonds. The summed E-state index contributed by atoms with van der Waals surface area (Å²) in [6.07, 6.45) is 1.56. The first-order valence-corrected chi connectivity index (χ1v) is 14.9. The zero-order chi connectivity index (χ0) is 28.7. The molecule has 2 aromatic carbocycles. The summed E-state index contributed by atoms with van der Waals surface area (Å²) >= 11 is 1.57. The average Bonchev–Trinajstić information content (AvgIpc) is 2.96. The van der Waals surface area contributed by atoms with Gasteiger partial charge in [0.2, 0.25) is 0 Å². The third kappa shape index (κ3) is 7.84. The molecule has 1 aliphatic heterocycles. The molecule has 0 aliphatic carbocycles. The van der Waals surface area contributed by atoms with Crippen molar-refractivity contribution >= 4 is 29.5 Å². The van der Waals surface area contributed by atoms with Crippen LogP contribution in [0.4, 0.5) is 5.82 Å². The Labute approximate surface area is 242 Å². The number of benzene rings is 2. The minimum absolute atomic E-state index is 0.0448. The summed E-state index contributed by atoms with van der Waals surface area (Å²) < 4.78 is 5.20. The van der Waals surface area contributed by atoms with Gasteiger partial charge in [0.05, 0.1) is 18.2 Å². The van der Waals surface area contributed by atoms with Crippen molar-refractivity contribution in [2.75, 3.05) is 31.6 Å². The average molecular weight is 561 g/mol. The van der Waals surface area contributed by atoms with Gasteiger partial charge in [0, 0.05) is 49.5 Å². The first-order valence-electron chi connectivity index (χ1n) is 14.0. The number of ether oxygens (including phenoxy) is 1. The zero-order valence-electron chi connectivity index (χ0n) is 24.2. The minimum atomic E-state index is -0.252. The van der Waals surface area contributed by atoms with Crippen LogP contribution < -0.4 is 4.90 Å². The molecule has 0 radical (unpaired) electrons.